The second-order valence-corrected chi connectivity index (χ2v) is 5.90. The summed E-state index contributed by atoms with van der Waals surface area (Å²) in [4.78, 5) is 13.5. The van der Waals surface area contributed by atoms with E-state index in [1.807, 2.05) is 30.3 Å². The molecule has 3 rings (SSSR count). The van der Waals surface area contributed by atoms with Gasteiger partial charge in [-0.25, -0.2) is 0 Å². The van der Waals surface area contributed by atoms with Gasteiger partial charge in [0.25, 0.3) is 0 Å². The number of carbonyl (C=O) groups is 1. The van der Waals surface area contributed by atoms with Crippen LogP contribution < -0.4 is 4.90 Å². The van der Waals surface area contributed by atoms with Gasteiger partial charge in [0.05, 0.1) is 6.42 Å². The summed E-state index contributed by atoms with van der Waals surface area (Å²) in [5.41, 5.74) is 0.779. The molecule has 1 atom stereocenters. The van der Waals surface area contributed by atoms with Crippen LogP contribution in [0.4, 0.5) is 5.69 Å². The highest BCUT2D eigenvalue weighted by molar-refractivity contribution is 8.23. The maximum atomic E-state index is 11.4. The quantitative estimate of drug-likeness (QED) is 0.574. The summed E-state index contributed by atoms with van der Waals surface area (Å²) in [6.07, 6.45) is 0.426. The van der Waals surface area contributed by atoms with E-state index in [1.54, 1.807) is 11.8 Å². The molecule has 2 saturated heterocycles. The molecule has 0 saturated carbocycles. The Bertz CT molecular complexity index is 473. The van der Waals surface area contributed by atoms with Gasteiger partial charge in [0.15, 0.2) is 0 Å². The normalized spacial score (nSPS) is 27.9. The van der Waals surface area contributed by atoms with Crippen molar-refractivity contribution < 1.29 is 9.53 Å². The van der Waals surface area contributed by atoms with Crippen LogP contribution in [-0.2, 0) is 9.53 Å². The van der Waals surface area contributed by atoms with Gasteiger partial charge in [-0.2, -0.15) is 0 Å². The smallest absolute Gasteiger partial charge is 0.308 e. The molecule has 0 N–H and O–H groups in total. The number of esters is 1. The molecule has 3 nitrogen and oxygen atoms in total. The maximum Gasteiger partial charge on any atom is 0.308 e. The highest BCUT2D eigenvalue weighted by atomic mass is 32.2. The molecule has 0 aromatic heterocycles. The number of hydrogen-bond acceptors (Lipinski definition) is 4. The van der Waals surface area contributed by atoms with Gasteiger partial charge in [-0.1, -0.05) is 42.2 Å². The summed E-state index contributed by atoms with van der Waals surface area (Å²) in [5, 5.41) is 0. The van der Waals surface area contributed by atoms with Crippen molar-refractivity contribution in [2.24, 2.45) is 0 Å². The lowest BCUT2D eigenvalue weighted by Crippen LogP contribution is -2.48. The standard InChI is InChI=1S/C12H11NO2S2/c14-10-6-12(7-15-10)8-17-11(16)13(12)9-4-2-1-3-5-9/h1-5H,6-8H2/t12-/m0/s1. The second kappa shape index (κ2) is 3.99. The zero-order chi connectivity index (χ0) is 11.9. The number of ether oxygens (including phenoxy) is 1. The van der Waals surface area contributed by atoms with Gasteiger partial charge in [0.1, 0.15) is 16.5 Å². The van der Waals surface area contributed by atoms with E-state index in [2.05, 4.69) is 4.90 Å². The molecule has 5 heteroatoms. The average molecular weight is 265 g/mol. The van der Waals surface area contributed by atoms with E-state index in [1.165, 1.54) is 0 Å². The van der Waals surface area contributed by atoms with Gasteiger partial charge in [0, 0.05) is 11.4 Å². The number of anilines is 1. The van der Waals surface area contributed by atoms with Gasteiger partial charge in [-0.05, 0) is 12.1 Å². The lowest BCUT2D eigenvalue weighted by molar-refractivity contribution is -0.137. The van der Waals surface area contributed by atoms with E-state index >= 15 is 0 Å². The molecule has 0 aliphatic carbocycles. The van der Waals surface area contributed by atoms with E-state index in [-0.39, 0.29) is 11.5 Å². The number of thiocarbonyl (C=S) groups is 1. The Morgan fingerprint density at radius 1 is 1.35 bits per heavy atom. The molecule has 1 spiro atoms. The van der Waals surface area contributed by atoms with Crippen LogP contribution in [0, 0.1) is 0 Å². The number of hydrogen-bond donors (Lipinski definition) is 0. The Balaban J connectivity index is 2.01. The van der Waals surface area contributed by atoms with Gasteiger partial charge >= 0.3 is 5.97 Å². The first-order valence-corrected chi connectivity index (χ1v) is 6.78. The van der Waals surface area contributed by atoms with Crippen molar-refractivity contribution in [2.45, 2.75) is 12.0 Å². The monoisotopic (exact) mass is 265 g/mol. The van der Waals surface area contributed by atoms with Crippen molar-refractivity contribution in [3.05, 3.63) is 30.3 Å². The predicted octanol–water partition coefficient (Wildman–Crippen LogP) is 2.21. The topological polar surface area (TPSA) is 29.5 Å². The molecular weight excluding hydrogens is 254 g/mol. The van der Waals surface area contributed by atoms with Gasteiger partial charge in [-0.15, -0.1) is 0 Å². The van der Waals surface area contributed by atoms with Crippen LogP contribution in [0.25, 0.3) is 0 Å². The third-order valence-corrected chi connectivity index (χ3v) is 4.76. The third kappa shape index (κ3) is 1.73. The molecule has 0 radical (unpaired) electrons. The fraction of sp³-hybridized carbons (Fsp3) is 0.333. The number of nitrogens with zero attached hydrogens (tertiary/aromatic N) is 1. The molecule has 2 fully saturated rings. The molecule has 1 aromatic rings. The van der Waals surface area contributed by atoms with E-state index < -0.39 is 0 Å². The Hall–Kier alpha value is -1.07. The first-order valence-electron chi connectivity index (χ1n) is 5.39. The molecule has 0 amide bonds. The van der Waals surface area contributed by atoms with Crippen LogP contribution in [0.3, 0.4) is 0 Å². The van der Waals surface area contributed by atoms with Crippen molar-refractivity contribution >= 4 is 40.0 Å². The molecule has 1 aromatic carbocycles. The van der Waals surface area contributed by atoms with E-state index in [0.717, 1.165) is 15.8 Å². The van der Waals surface area contributed by atoms with Crippen molar-refractivity contribution in [1.82, 2.24) is 0 Å². The molecule has 0 unspecified atom stereocenters. The summed E-state index contributed by atoms with van der Waals surface area (Å²) >= 11 is 7.02. The van der Waals surface area contributed by atoms with Crippen LogP contribution in [0.5, 0.6) is 0 Å². The van der Waals surface area contributed by atoms with Crippen molar-refractivity contribution in [3.8, 4) is 0 Å². The van der Waals surface area contributed by atoms with Crippen LogP contribution >= 0.6 is 24.0 Å². The minimum absolute atomic E-state index is 0.128. The number of rotatable bonds is 1. The molecule has 17 heavy (non-hydrogen) atoms. The highest BCUT2D eigenvalue weighted by Gasteiger charge is 2.51. The SMILES string of the molecule is O=C1C[C@]2(CO1)CSC(=S)N2c1ccccc1. The second-order valence-electron chi connectivity index (χ2n) is 4.29. The molecule has 0 bridgehead atoms. The molecule has 2 aliphatic heterocycles. The number of cyclic esters (lactones) is 1. The Morgan fingerprint density at radius 2 is 2.12 bits per heavy atom. The molecule has 2 heterocycles. The fourth-order valence-electron chi connectivity index (χ4n) is 2.30. The summed E-state index contributed by atoms with van der Waals surface area (Å²) in [6, 6.07) is 9.96. The Morgan fingerprint density at radius 3 is 2.76 bits per heavy atom. The molecule has 2 aliphatic rings. The third-order valence-electron chi connectivity index (χ3n) is 3.11. The summed E-state index contributed by atoms with van der Waals surface area (Å²) in [7, 11) is 0. The van der Waals surface area contributed by atoms with Gasteiger partial charge in [0.2, 0.25) is 0 Å². The molecular formula is C12H11NO2S2. The lowest BCUT2D eigenvalue weighted by atomic mass is 9.98. The minimum atomic E-state index is -0.264. The van der Waals surface area contributed by atoms with Crippen LogP contribution in [-0.4, -0.2) is 28.2 Å². The largest absolute Gasteiger partial charge is 0.463 e. The van der Waals surface area contributed by atoms with Crippen molar-refractivity contribution in [3.63, 3.8) is 0 Å². The van der Waals surface area contributed by atoms with Gasteiger partial charge in [-0.3, -0.25) is 4.79 Å². The Labute approximate surface area is 109 Å². The van der Waals surface area contributed by atoms with Crippen LogP contribution in [0.15, 0.2) is 30.3 Å². The summed E-state index contributed by atoms with van der Waals surface area (Å²) in [6.45, 7) is 0.438. The highest BCUT2D eigenvalue weighted by Crippen LogP contribution is 2.42. The van der Waals surface area contributed by atoms with Crippen molar-refractivity contribution in [1.29, 1.82) is 0 Å². The zero-order valence-electron chi connectivity index (χ0n) is 9.09. The van der Waals surface area contributed by atoms with E-state index in [4.69, 9.17) is 17.0 Å². The number of para-hydroxylation sites is 1. The van der Waals surface area contributed by atoms with Crippen LogP contribution in [0.1, 0.15) is 6.42 Å². The van der Waals surface area contributed by atoms with Gasteiger partial charge < -0.3 is 9.64 Å². The maximum absolute atomic E-state index is 11.4. The number of benzene rings is 1. The van der Waals surface area contributed by atoms with E-state index in [9.17, 15) is 4.79 Å². The summed E-state index contributed by atoms with van der Waals surface area (Å²) in [5.74, 6) is 0.697. The first-order chi connectivity index (χ1) is 8.21. The van der Waals surface area contributed by atoms with Crippen molar-refractivity contribution in [2.75, 3.05) is 17.3 Å². The Kier molecular flexibility index (Phi) is 2.60. The number of thioether (sulfide) groups is 1. The zero-order valence-corrected chi connectivity index (χ0v) is 10.7. The van der Waals surface area contributed by atoms with Crippen LogP contribution in [0.2, 0.25) is 0 Å². The number of carbonyl (C=O) groups excluding carboxylic acids is 1. The fourth-order valence-corrected chi connectivity index (χ4v) is 3.91. The summed E-state index contributed by atoms with van der Waals surface area (Å²) < 4.78 is 5.97. The molecule has 88 valence electrons. The van der Waals surface area contributed by atoms with E-state index in [0.29, 0.717) is 13.0 Å². The predicted molar refractivity (Wildman–Crippen MR) is 72.3 cm³/mol. The lowest BCUT2D eigenvalue weighted by Gasteiger charge is -2.32. The first kappa shape index (κ1) is 11.0. The minimum Gasteiger partial charge on any atom is -0.463 e. The average Bonchev–Trinajstić information content (AvgIpc) is 2.85.